The lowest BCUT2D eigenvalue weighted by atomic mass is 10.1. The average Bonchev–Trinajstić information content (AvgIpc) is 2.69. The van der Waals surface area contributed by atoms with E-state index in [2.05, 4.69) is 57.0 Å². The number of rotatable bonds is 5. The molecular formula is C20H22N4O. The van der Waals surface area contributed by atoms with E-state index in [1.165, 1.54) is 10.8 Å². The van der Waals surface area contributed by atoms with Crippen molar-refractivity contribution >= 4 is 10.8 Å². The Bertz CT molecular complexity index is 828. The second-order valence-electron chi connectivity index (χ2n) is 6.30. The topological polar surface area (TPSA) is 59.1 Å². The van der Waals surface area contributed by atoms with Gasteiger partial charge in [-0.25, -0.2) is 9.97 Å². The highest BCUT2D eigenvalue weighted by atomic mass is 16.5. The maximum Gasteiger partial charge on any atom is 0.159 e. The molecule has 1 aliphatic heterocycles. The smallest absolute Gasteiger partial charge is 0.159 e. The molecule has 4 rings (SSSR count). The van der Waals surface area contributed by atoms with Crippen molar-refractivity contribution in [2.24, 2.45) is 0 Å². The molecule has 2 heterocycles. The van der Waals surface area contributed by atoms with E-state index in [4.69, 9.17) is 4.74 Å². The van der Waals surface area contributed by atoms with Crippen LogP contribution in [0.1, 0.15) is 5.56 Å². The lowest BCUT2D eigenvalue weighted by Gasteiger charge is -2.23. The summed E-state index contributed by atoms with van der Waals surface area (Å²) in [6, 6.07) is 14.6. The van der Waals surface area contributed by atoms with Gasteiger partial charge in [-0.15, -0.1) is 0 Å². The largest absolute Gasteiger partial charge is 0.374 e. The van der Waals surface area contributed by atoms with Crippen LogP contribution in [-0.2, 0) is 11.3 Å². The highest BCUT2D eigenvalue weighted by Crippen LogP contribution is 2.21. The molecule has 0 spiro atoms. The van der Waals surface area contributed by atoms with Gasteiger partial charge in [0.1, 0.15) is 0 Å². The summed E-state index contributed by atoms with van der Waals surface area (Å²) in [4.78, 5) is 9.05. The van der Waals surface area contributed by atoms with Crippen molar-refractivity contribution in [3.8, 4) is 11.4 Å². The summed E-state index contributed by atoms with van der Waals surface area (Å²) in [7, 11) is 0. The fourth-order valence-electron chi connectivity index (χ4n) is 3.05. The van der Waals surface area contributed by atoms with Crippen molar-refractivity contribution < 1.29 is 4.74 Å². The highest BCUT2D eigenvalue weighted by molar-refractivity contribution is 5.86. The van der Waals surface area contributed by atoms with Crippen LogP contribution >= 0.6 is 0 Å². The molecule has 1 fully saturated rings. The van der Waals surface area contributed by atoms with Crippen molar-refractivity contribution in [3.05, 3.63) is 60.4 Å². The molecule has 128 valence electrons. The molecule has 0 amide bonds. The fourth-order valence-corrected chi connectivity index (χ4v) is 3.05. The summed E-state index contributed by atoms with van der Waals surface area (Å²) in [5.74, 6) is 0.759. The van der Waals surface area contributed by atoms with Crippen LogP contribution in [0.15, 0.2) is 54.9 Å². The van der Waals surface area contributed by atoms with E-state index in [0.29, 0.717) is 0 Å². The maximum absolute atomic E-state index is 5.67. The van der Waals surface area contributed by atoms with Crippen molar-refractivity contribution in [2.45, 2.75) is 12.6 Å². The summed E-state index contributed by atoms with van der Waals surface area (Å²) in [5.41, 5.74) is 2.12. The molecule has 3 aromatic rings. The first-order valence-electron chi connectivity index (χ1n) is 8.71. The third-order valence-electron chi connectivity index (χ3n) is 4.42. The van der Waals surface area contributed by atoms with E-state index >= 15 is 0 Å². The lowest BCUT2D eigenvalue weighted by Crippen LogP contribution is -2.43. The van der Waals surface area contributed by atoms with Gasteiger partial charge >= 0.3 is 0 Å². The molecule has 0 bridgehead atoms. The fraction of sp³-hybridized carbons (Fsp3) is 0.300. The molecule has 2 aromatic carbocycles. The number of fused-ring (bicyclic) bond motifs is 1. The Labute approximate surface area is 147 Å². The van der Waals surface area contributed by atoms with Gasteiger partial charge in [0, 0.05) is 49.7 Å². The first kappa shape index (κ1) is 16.1. The molecule has 1 aliphatic rings. The van der Waals surface area contributed by atoms with Crippen LogP contribution in [0.5, 0.6) is 0 Å². The highest BCUT2D eigenvalue weighted by Gasteiger charge is 2.12. The van der Waals surface area contributed by atoms with Crippen molar-refractivity contribution in [3.63, 3.8) is 0 Å². The average molecular weight is 334 g/mol. The Morgan fingerprint density at radius 1 is 1.08 bits per heavy atom. The molecule has 0 aliphatic carbocycles. The third-order valence-corrected chi connectivity index (χ3v) is 4.42. The van der Waals surface area contributed by atoms with Crippen molar-refractivity contribution in [1.82, 2.24) is 20.6 Å². The van der Waals surface area contributed by atoms with Crippen LogP contribution in [0.3, 0.4) is 0 Å². The molecular weight excluding hydrogens is 312 g/mol. The Balaban J connectivity index is 1.38. The molecule has 1 aromatic heterocycles. The van der Waals surface area contributed by atoms with E-state index in [1.54, 1.807) is 0 Å². The third kappa shape index (κ3) is 4.02. The van der Waals surface area contributed by atoms with Gasteiger partial charge < -0.3 is 15.4 Å². The predicted molar refractivity (Wildman–Crippen MR) is 99.3 cm³/mol. The van der Waals surface area contributed by atoms with E-state index in [0.717, 1.165) is 49.7 Å². The minimum atomic E-state index is 0.242. The minimum Gasteiger partial charge on any atom is -0.374 e. The minimum absolute atomic E-state index is 0.242. The summed E-state index contributed by atoms with van der Waals surface area (Å²) >= 11 is 0. The van der Waals surface area contributed by atoms with E-state index in [9.17, 15) is 0 Å². The van der Waals surface area contributed by atoms with Crippen molar-refractivity contribution in [1.29, 1.82) is 0 Å². The van der Waals surface area contributed by atoms with Gasteiger partial charge in [0.25, 0.3) is 0 Å². The normalized spacial score (nSPS) is 17.7. The summed E-state index contributed by atoms with van der Waals surface area (Å²) in [6.07, 6.45) is 4.03. The number of hydrogen-bond acceptors (Lipinski definition) is 5. The molecule has 25 heavy (non-hydrogen) atoms. The van der Waals surface area contributed by atoms with Gasteiger partial charge in [0.2, 0.25) is 0 Å². The molecule has 0 saturated carbocycles. The molecule has 1 saturated heterocycles. The zero-order valence-electron chi connectivity index (χ0n) is 14.1. The van der Waals surface area contributed by atoms with Crippen molar-refractivity contribution in [2.75, 3.05) is 26.2 Å². The molecule has 1 atom stereocenters. The number of aromatic nitrogens is 2. The van der Waals surface area contributed by atoms with E-state index in [-0.39, 0.29) is 6.10 Å². The second-order valence-corrected chi connectivity index (χ2v) is 6.30. The molecule has 5 nitrogen and oxygen atoms in total. The molecule has 1 unspecified atom stereocenters. The van der Waals surface area contributed by atoms with Gasteiger partial charge in [0.05, 0.1) is 12.7 Å². The standard InChI is InChI=1S/C20H22N4O/c1-2-4-17-9-18(6-5-16(17)3-1)20-23-11-15(12-24-20)10-22-14-19-13-21-7-8-25-19/h1-6,9,11-12,19,21-22H,7-8,10,13-14H2. The van der Waals surface area contributed by atoms with Crippen LogP contribution in [-0.4, -0.2) is 42.3 Å². The predicted octanol–water partition coefficient (Wildman–Crippen LogP) is 2.37. The molecule has 0 radical (unpaired) electrons. The summed E-state index contributed by atoms with van der Waals surface area (Å²) in [6.45, 7) is 4.22. The van der Waals surface area contributed by atoms with Gasteiger partial charge in [-0.3, -0.25) is 0 Å². The Morgan fingerprint density at radius 2 is 1.92 bits per heavy atom. The van der Waals surface area contributed by atoms with Crippen LogP contribution in [0.4, 0.5) is 0 Å². The number of ether oxygens (including phenoxy) is 1. The monoisotopic (exact) mass is 334 g/mol. The Morgan fingerprint density at radius 3 is 2.72 bits per heavy atom. The number of hydrogen-bond donors (Lipinski definition) is 2. The zero-order valence-corrected chi connectivity index (χ0v) is 14.1. The number of nitrogens with zero attached hydrogens (tertiary/aromatic N) is 2. The van der Waals surface area contributed by atoms with Crippen LogP contribution in [0, 0.1) is 0 Å². The van der Waals surface area contributed by atoms with Gasteiger partial charge in [-0.1, -0.05) is 36.4 Å². The maximum atomic E-state index is 5.67. The first-order valence-corrected chi connectivity index (χ1v) is 8.71. The number of nitrogens with one attached hydrogen (secondary N) is 2. The zero-order chi connectivity index (χ0) is 16.9. The summed E-state index contributed by atoms with van der Waals surface area (Å²) in [5, 5.41) is 9.17. The van der Waals surface area contributed by atoms with Crippen LogP contribution in [0.2, 0.25) is 0 Å². The second kappa shape index (κ2) is 7.70. The van der Waals surface area contributed by atoms with E-state index < -0.39 is 0 Å². The van der Waals surface area contributed by atoms with Gasteiger partial charge in [-0.2, -0.15) is 0 Å². The molecule has 5 heteroatoms. The van der Waals surface area contributed by atoms with Crippen LogP contribution < -0.4 is 10.6 Å². The Hall–Kier alpha value is -2.34. The number of morpholine rings is 1. The first-order chi connectivity index (χ1) is 12.4. The van der Waals surface area contributed by atoms with E-state index in [1.807, 2.05) is 18.5 Å². The van der Waals surface area contributed by atoms with Gasteiger partial charge in [-0.05, 0) is 16.8 Å². The SMILES string of the molecule is c1ccc2cc(-c3ncc(CNCC4CNCCO4)cn3)ccc2c1. The molecule has 2 N–H and O–H groups in total. The quantitative estimate of drug-likeness (QED) is 0.750. The lowest BCUT2D eigenvalue weighted by molar-refractivity contribution is 0.0290. The Kier molecular flexibility index (Phi) is 4.97. The number of benzene rings is 2. The van der Waals surface area contributed by atoms with Crippen LogP contribution in [0.25, 0.3) is 22.2 Å². The van der Waals surface area contributed by atoms with Gasteiger partial charge in [0.15, 0.2) is 5.82 Å². The summed E-state index contributed by atoms with van der Waals surface area (Å²) < 4.78 is 5.67.